The SMILES string of the molecule is C1CCNCC1.S=C(S)NC1CCCCC1. The quantitative estimate of drug-likeness (QED) is 0.499. The second-order valence-corrected chi connectivity index (χ2v) is 5.75. The summed E-state index contributed by atoms with van der Waals surface area (Å²) in [5.74, 6) is 0. The van der Waals surface area contributed by atoms with Crippen LogP contribution >= 0.6 is 24.8 Å². The number of thiol groups is 1. The predicted molar refractivity (Wildman–Crippen MR) is 78.3 cm³/mol. The minimum atomic E-state index is 0.610. The Morgan fingerprint density at radius 3 is 1.94 bits per heavy atom. The van der Waals surface area contributed by atoms with E-state index in [1.54, 1.807) is 0 Å². The number of nitrogens with one attached hydrogen (secondary N) is 2. The van der Waals surface area contributed by atoms with Crippen molar-refractivity contribution in [1.82, 2.24) is 10.6 Å². The lowest BCUT2D eigenvalue weighted by atomic mass is 9.96. The lowest BCUT2D eigenvalue weighted by Crippen LogP contribution is -2.32. The van der Waals surface area contributed by atoms with Crippen molar-refractivity contribution >= 4 is 29.2 Å². The molecule has 2 N–H and O–H groups in total. The highest BCUT2D eigenvalue weighted by Gasteiger charge is 2.12. The fourth-order valence-electron chi connectivity index (χ4n) is 2.22. The summed E-state index contributed by atoms with van der Waals surface area (Å²) >= 11 is 8.86. The van der Waals surface area contributed by atoms with E-state index in [1.807, 2.05) is 0 Å². The van der Waals surface area contributed by atoms with E-state index in [9.17, 15) is 0 Å². The first-order chi connectivity index (χ1) is 7.79. The van der Waals surface area contributed by atoms with Crippen molar-refractivity contribution < 1.29 is 0 Å². The monoisotopic (exact) mass is 260 g/mol. The lowest BCUT2D eigenvalue weighted by molar-refractivity contribution is 0.416. The topological polar surface area (TPSA) is 24.1 Å². The van der Waals surface area contributed by atoms with Crippen LogP contribution in [0.5, 0.6) is 0 Å². The van der Waals surface area contributed by atoms with Gasteiger partial charge in [0.1, 0.15) is 4.32 Å². The van der Waals surface area contributed by atoms with Gasteiger partial charge >= 0.3 is 0 Å². The first-order valence-electron chi connectivity index (χ1n) is 6.49. The van der Waals surface area contributed by atoms with Gasteiger partial charge < -0.3 is 10.6 Å². The molecule has 94 valence electrons. The van der Waals surface area contributed by atoms with Crippen LogP contribution in [0, 0.1) is 0 Å². The summed E-state index contributed by atoms with van der Waals surface area (Å²) in [5.41, 5.74) is 0. The number of hydrogen-bond acceptors (Lipinski definition) is 2. The molecule has 0 aromatic carbocycles. The van der Waals surface area contributed by atoms with Gasteiger partial charge in [-0.05, 0) is 38.8 Å². The summed E-state index contributed by atoms with van der Waals surface area (Å²) in [6, 6.07) is 0.610. The average molecular weight is 260 g/mol. The van der Waals surface area contributed by atoms with Gasteiger partial charge in [-0.25, -0.2) is 0 Å². The molecule has 16 heavy (non-hydrogen) atoms. The number of piperidine rings is 1. The molecule has 0 atom stereocenters. The predicted octanol–water partition coefficient (Wildman–Crippen LogP) is 2.88. The molecule has 0 unspecified atom stereocenters. The van der Waals surface area contributed by atoms with Gasteiger partial charge in [-0.3, -0.25) is 0 Å². The maximum Gasteiger partial charge on any atom is 0.130 e. The van der Waals surface area contributed by atoms with E-state index in [0.29, 0.717) is 10.4 Å². The summed E-state index contributed by atoms with van der Waals surface area (Å²) in [7, 11) is 0. The van der Waals surface area contributed by atoms with Gasteiger partial charge in [-0.1, -0.05) is 37.9 Å². The molecule has 2 rings (SSSR count). The van der Waals surface area contributed by atoms with Gasteiger partial charge in [0, 0.05) is 6.04 Å². The smallest absolute Gasteiger partial charge is 0.130 e. The molecule has 2 nitrogen and oxygen atoms in total. The summed E-state index contributed by atoms with van der Waals surface area (Å²) in [6.07, 6.45) is 10.8. The second-order valence-electron chi connectivity index (χ2n) is 4.60. The Morgan fingerprint density at radius 1 is 1.00 bits per heavy atom. The maximum absolute atomic E-state index is 4.83. The van der Waals surface area contributed by atoms with Gasteiger partial charge in [0.2, 0.25) is 0 Å². The molecular weight excluding hydrogens is 236 g/mol. The fraction of sp³-hybridized carbons (Fsp3) is 0.917. The molecule has 0 spiro atoms. The highest BCUT2D eigenvalue weighted by Crippen LogP contribution is 2.17. The van der Waals surface area contributed by atoms with E-state index in [0.717, 1.165) is 0 Å². The molecule has 0 amide bonds. The van der Waals surface area contributed by atoms with Gasteiger partial charge in [0.05, 0.1) is 0 Å². The van der Waals surface area contributed by atoms with Gasteiger partial charge in [-0.15, -0.1) is 12.6 Å². The Balaban J connectivity index is 0.000000181. The largest absolute Gasteiger partial charge is 0.368 e. The Hall–Kier alpha value is 0.200. The lowest BCUT2D eigenvalue weighted by Gasteiger charge is -2.22. The highest BCUT2D eigenvalue weighted by atomic mass is 32.1. The van der Waals surface area contributed by atoms with Crippen molar-refractivity contribution in [2.45, 2.75) is 57.4 Å². The zero-order chi connectivity index (χ0) is 11.6. The fourth-order valence-corrected chi connectivity index (χ4v) is 2.57. The van der Waals surface area contributed by atoms with E-state index in [4.69, 9.17) is 12.2 Å². The molecule has 2 fully saturated rings. The normalized spacial score (nSPS) is 21.8. The highest BCUT2D eigenvalue weighted by molar-refractivity contribution is 8.11. The zero-order valence-electron chi connectivity index (χ0n) is 10.0. The summed E-state index contributed by atoms with van der Waals surface area (Å²) in [4.78, 5) is 0. The summed E-state index contributed by atoms with van der Waals surface area (Å²) in [6.45, 7) is 2.50. The van der Waals surface area contributed by atoms with E-state index in [-0.39, 0.29) is 0 Å². The van der Waals surface area contributed by atoms with Crippen LogP contribution in [0.3, 0.4) is 0 Å². The van der Waals surface area contributed by atoms with Crippen LogP contribution in [-0.2, 0) is 0 Å². The van der Waals surface area contributed by atoms with Crippen molar-refractivity contribution in [3.8, 4) is 0 Å². The van der Waals surface area contributed by atoms with Crippen LogP contribution in [0.2, 0.25) is 0 Å². The van der Waals surface area contributed by atoms with Crippen LogP contribution in [0.1, 0.15) is 51.4 Å². The number of hydrogen-bond donors (Lipinski definition) is 3. The molecule has 0 aromatic rings. The first kappa shape index (κ1) is 14.3. The second kappa shape index (κ2) is 9.25. The van der Waals surface area contributed by atoms with Crippen molar-refractivity contribution in [3.63, 3.8) is 0 Å². The Bertz CT molecular complexity index is 176. The minimum Gasteiger partial charge on any atom is -0.368 e. The third-order valence-electron chi connectivity index (χ3n) is 3.14. The Labute approximate surface area is 110 Å². The van der Waals surface area contributed by atoms with Crippen LogP contribution in [-0.4, -0.2) is 23.5 Å². The molecule has 1 aliphatic carbocycles. The van der Waals surface area contributed by atoms with Crippen molar-refractivity contribution in [1.29, 1.82) is 0 Å². The Kier molecular flexibility index (Phi) is 8.25. The minimum absolute atomic E-state index is 0.610. The van der Waals surface area contributed by atoms with Gasteiger partial charge in [0.25, 0.3) is 0 Å². The number of rotatable bonds is 1. The third kappa shape index (κ3) is 7.47. The molecule has 1 heterocycles. The molecular formula is C12H24N2S2. The standard InChI is InChI=1S/C7H13NS2.C5H11N/c9-7(10)8-6-4-2-1-3-5-6;1-2-4-6-5-3-1/h6H,1-5H2,(H2,8,9,10);6H,1-5H2. The van der Waals surface area contributed by atoms with Crippen LogP contribution in [0.25, 0.3) is 0 Å². The molecule has 0 aromatic heterocycles. The van der Waals surface area contributed by atoms with Gasteiger partial charge in [-0.2, -0.15) is 0 Å². The van der Waals surface area contributed by atoms with Crippen molar-refractivity contribution in [2.75, 3.05) is 13.1 Å². The van der Waals surface area contributed by atoms with E-state index < -0.39 is 0 Å². The third-order valence-corrected chi connectivity index (χ3v) is 3.39. The van der Waals surface area contributed by atoms with E-state index in [1.165, 1.54) is 64.5 Å². The molecule has 4 heteroatoms. The van der Waals surface area contributed by atoms with Crippen molar-refractivity contribution in [3.05, 3.63) is 0 Å². The van der Waals surface area contributed by atoms with Crippen molar-refractivity contribution in [2.24, 2.45) is 0 Å². The maximum atomic E-state index is 4.83. The zero-order valence-corrected chi connectivity index (χ0v) is 11.7. The van der Waals surface area contributed by atoms with E-state index in [2.05, 4.69) is 23.3 Å². The average Bonchev–Trinajstić information content (AvgIpc) is 2.32. The summed E-state index contributed by atoms with van der Waals surface area (Å²) in [5, 5.41) is 6.46. The van der Waals surface area contributed by atoms with Crippen LogP contribution in [0.4, 0.5) is 0 Å². The molecule has 0 radical (unpaired) electrons. The molecule has 0 bridgehead atoms. The number of thiocarbonyl (C=S) groups is 1. The van der Waals surface area contributed by atoms with E-state index >= 15 is 0 Å². The molecule has 1 saturated carbocycles. The first-order valence-corrected chi connectivity index (χ1v) is 7.35. The molecule has 1 saturated heterocycles. The van der Waals surface area contributed by atoms with Crippen LogP contribution in [0.15, 0.2) is 0 Å². The molecule has 2 aliphatic rings. The molecule has 1 aliphatic heterocycles. The Morgan fingerprint density at radius 2 is 1.56 bits per heavy atom. The van der Waals surface area contributed by atoms with Gasteiger partial charge in [0.15, 0.2) is 0 Å². The summed E-state index contributed by atoms with van der Waals surface area (Å²) < 4.78 is 0.645. The van der Waals surface area contributed by atoms with Crippen LogP contribution < -0.4 is 10.6 Å².